The topological polar surface area (TPSA) is 80.9 Å². The highest BCUT2D eigenvalue weighted by atomic mass is 32.2. The highest BCUT2D eigenvalue weighted by Gasteiger charge is 2.22. The number of thiophene rings is 1. The number of benzene rings is 1. The molecule has 0 radical (unpaired) electrons. The Morgan fingerprint density at radius 2 is 1.96 bits per heavy atom. The molecule has 140 valence electrons. The van der Waals surface area contributed by atoms with Gasteiger partial charge in [-0.1, -0.05) is 30.3 Å². The number of hydrogen-bond donors (Lipinski definition) is 2. The molecule has 27 heavy (non-hydrogen) atoms. The van der Waals surface area contributed by atoms with Gasteiger partial charge in [-0.05, 0) is 42.4 Å². The molecule has 3 heterocycles. The van der Waals surface area contributed by atoms with Gasteiger partial charge in [0.2, 0.25) is 0 Å². The molecule has 3 aromatic rings. The van der Waals surface area contributed by atoms with Crippen LogP contribution in [0.15, 0.2) is 30.3 Å². The summed E-state index contributed by atoms with van der Waals surface area (Å²) in [5.74, 6) is 3.34. The van der Waals surface area contributed by atoms with Crippen LogP contribution in [0.1, 0.15) is 39.5 Å². The Bertz CT molecular complexity index is 965. The van der Waals surface area contributed by atoms with Crippen molar-refractivity contribution in [3.63, 3.8) is 0 Å². The molecule has 2 aromatic heterocycles. The summed E-state index contributed by atoms with van der Waals surface area (Å²) in [6.45, 7) is 1.93. The number of hydrogen-bond acceptors (Lipinski definition) is 6. The molecule has 1 saturated heterocycles. The van der Waals surface area contributed by atoms with Crippen LogP contribution in [-0.2, 0) is 6.42 Å². The Morgan fingerprint density at radius 1 is 1.22 bits per heavy atom. The number of nitrogens with zero attached hydrogens (tertiary/aromatic N) is 2. The normalized spacial score (nSPS) is 15.1. The third-order valence-electron chi connectivity index (χ3n) is 4.83. The number of thioether (sulfide) groups is 1. The summed E-state index contributed by atoms with van der Waals surface area (Å²) in [5, 5.41) is 3.99. The van der Waals surface area contributed by atoms with Gasteiger partial charge in [0.05, 0.1) is 10.3 Å². The molecule has 0 aliphatic carbocycles. The largest absolute Gasteiger partial charge is 0.383 e. The maximum absolute atomic E-state index is 12.8. The van der Waals surface area contributed by atoms with Crippen LogP contribution in [0.2, 0.25) is 0 Å². The van der Waals surface area contributed by atoms with E-state index in [9.17, 15) is 4.79 Å². The van der Waals surface area contributed by atoms with E-state index >= 15 is 0 Å². The predicted octanol–water partition coefficient (Wildman–Crippen LogP) is 3.80. The zero-order valence-electron chi connectivity index (χ0n) is 15.2. The Kier molecular flexibility index (Phi) is 5.31. The molecule has 3 N–H and O–H groups in total. The van der Waals surface area contributed by atoms with E-state index in [0.29, 0.717) is 22.9 Å². The van der Waals surface area contributed by atoms with E-state index in [1.807, 2.05) is 49.0 Å². The second-order valence-corrected chi connectivity index (χ2v) is 9.01. The van der Waals surface area contributed by atoms with Crippen molar-refractivity contribution in [3.8, 4) is 0 Å². The summed E-state index contributed by atoms with van der Waals surface area (Å²) >= 11 is 3.36. The number of rotatable bonds is 4. The van der Waals surface area contributed by atoms with Crippen LogP contribution in [0.3, 0.4) is 0 Å². The lowest BCUT2D eigenvalue weighted by molar-refractivity contribution is 0.0938. The lowest BCUT2D eigenvalue weighted by Crippen LogP contribution is -2.37. The van der Waals surface area contributed by atoms with Crippen molar-refractivity contribution in [2.75, 3.05) is 17.2 Å². The van der Waals surface area contributed by atoms with Crippen molar-refractivity contribution >= 4 is 45.0 Å². The zero-order valence-corrected chi connectivity index (χ0v) is 16.8. The van der Waals surface area contributed by atoms with Crippen molar-refractivity contribution in [1.29, 1.82) is 0 Å². The number of aromatic nitrogens is 2. The quantitative estimate of drug-likeness (QED) is 0.699. The minimum Gasteiger partial charge on any atom is -0.383 e. The Morgan fingerprint density at radius 3 is 2.70 bits per heavy atom. The Balaban J connectivity index is 1.62. The van der Waals surface area contributed by atoms with Crippen molar-refractivity contribution < 1.29 is 4.79 Å². The maximum atomic E-state index is 12.8. The first-order valence-electron chi connectivity index (χ1n) is 9.10. The molecule has 0 spiro atoms. The number of carbonyl (C=O) groups is 1. The number of nitrogen functional groups attached to an aromatic ring is 1. The Hall–Kier alpha value is -2.12. The van der Waals surface area contributed by atoms with Crippen LogP contribution in [-0.4, -0.2) is 33.4 Å². The molecule has 7 heteroatoms. The van der Waals surface area contributed by atoms with E-state index in [1.54, 1.807) is 0 Å². The van der Waals surface area contributed by atoms with Gasteiger partial charge in [0, 0.05) is 12.5 Å². The number of fused-ring (bicyclic) bond motifs is 1. The molecule has 0 bridgehead atoms. The summed E-state index contributed by atoms with van der Waals surface area (Å²) < 4.78 is 0. The van der Waals surface area contributed by atoms with Gasteiger partial charge in [-0.2, -0.15) is 11.8 Å². The average Bonchev–Trinajstić information content (AvgIpc) is 3.00. The maximum Gasteiger partial charge on any atom is 0.261 e. The fraction of sp³-hybridized carbons (Fsp3) is 0.350. The number of amides is 1. The van der Waals surface area contributed by atoms with Gasteiger partial charge in [-0.15, -0.1) is 11.3 Å². The highest BCUT2D eigenvalue weighted by Crippen LogP contribution is 2.33. The molecular weight excluding hydrogens is 376 g/mol. The standard InChI is InChI=1S/C20H22N4OS2/c1-12-16-18(21)23-15(11-13-5-3-2-4-6-13)24-20(16)27-17(12)19(25)22-14-7-9-26-10-8-14/h2-6,14H,7-11H2,1H3,(H,22,25)(H2,21,23,24). The van der Waals surface area contributed by atoms with E-state index < -0.39 is 0 Å². The smallest absolute Gasteiger partial charge is 0.261 e. The summed E-state index contributed by atoms with van der Waals surface area (Å²) in [5.41, 5.74) is 8.24. The number of carbonyl (C=O) groups excluding carboxylic acids is 1. The Labute approximate surface area is 166 Å². The number of anilines is 1. The van der Waals surface area contributed by atoms with E-state index in [2.05, 4.69) is 15.3 Å². The lowest BCUT2D eigenvalue weighted by Gasteiger charge is -2.22. The number of nitrogens with two attached hydrogens (primary N) is 1. The van der Waals surface area contributed by atoms with Crippen LogP contribution in [0.4, 0.5) is 5.82 Å². The minimum atomic E-state index is -0.0172. The van der Waals surface area contributed by atoms with Gasteiger partial charge < -0.3 is 11.1 Å². The van der Waals surface area contributed by atoms with Crippen LogP contribution < -0.4 is 11.1 Å². The van der Waals surface area contributed by atoms with Gasteiger partial charge in [-0.25, -0.2) is 9.97 Å². The molecule has 1 aliphatic heterocycles. The molecule has 0 atom stereocenters. The first-order valence-corrected chi connectivity index (χ1v) is 11.1. The molecule has 1 aliphatic rings. The van der Waals surface area contributed by atoms with Gasteiger partial charge >= 0.3 is 0 Å². The van der Waals surface area contributed by atoms with Crippen molar-refractivity contribution in [1.82, 2.24) is 15.3 Å². The highest BCUT2D eigenvalue weighted by molar-refractivity contribution is 7.99. The fourth-order valence-corrected chi connectivity index (χ4v) is 5.60. The second-order valence-electron chi connectivity index (χ2n) is 6.78. The molecule has 1 aromatic carbocycles. The third kappa shape index (κ3) is 3.94. The van der Waals surface area contributed by atoms with Gasteiger partial charge in [0.25, 0.3) is 5.91 Å². The van der Waals surface area contributed by atoms with Crippen molar-refractivity contribution in [3.05, 3.63) is 52.2 Å². The van der Waals surface area contributed by atoms with E-state index in [-0.39, 0.29) is 11.9 Å². The number of nitrogens with one attached hydrogen (secondary N) is 1. The molecule has 4 rings (SSSR count). The molecule has 5 nitrogen and oxygen atoms in total. The van der Waals surface area contributed by atoms with E-state index in [4.69, 9.17) is 5.73 Å². The van der Waals surface area contributed by atoms with Crippen LogP contribution in [0.5, 0.6) is 0 Å². The molecular formula is C20H22N4OS2. The molecule has 0 unspecified atom stereocenters. The van der Waals surface area contributed by atoms with E-state index in [1.165, 1.54) is 11.3 Å². The summed E-state index contributed by atoms with van der Waals surface area (Å²) in [7, 11) is 0. The van der Waals surface area contributed by atoms with Crippen LogP contribution in [0, 0.1) is 6.92 Å². The fourth-order valence-electron chi connectivity index (χ4n) is 3.38. The number of aryl methyl sites for hydroxylation is 1. The van der Waals surface area contributed by atoms with Crippen LogP contribution in [0.25, 0.3) is 10.2 Å². The van der Waals surface area contributed by atoms with E-state index in [0.717, 1.165) is 45.7 Å². The third-order valence-corrected chi connectivity index (χ3v) is 7.07. The monoisotopic (exact) mass is 398 g/mol. The lowest BCUT2D eigenvalue weighted by atomic mass is 10.1. The molecule has 1 amide bonds. The minimum absolute atomic E-state index is 0.0172. The zero-order chi connectivity index (χ0) is 18.8. The van der Waals surface area contributed by atoms with Gasteiger partial charge in [0.15, 0.2) is 0 Å². The molecule has 0 saturated carbocycles. The average molecular weight is 399 g/mol. The van der Waals surface area contributed by atoms with Gasteiger partial charge in [0.1, 0.15) is 16.5 Å². The van der Waals surface area contributed by atoms with Crippen molar-refractivity contribution in [2.45, 2.75) is 32.2 Å². The second kappa shape index (κ2) is 7.86. The first kappa shape index (κ1) is 18.3. The SMILES string of the molecule is Cc1c(C(=O)NC2CCSCC2)sc2nc(Cc3ccccc3)nc(N)c12. The molecule has 1 fully saturated rings. The van der Waals surface area contributed by atoms with Crippen LogP contribution >= 0.6 is 23.1 Å². The summed E-state index contributed by atoms with van der Waals surface area (Å²) in [4.78, 5) is 23.4. The first-order chi connectivity index (χ1) is 13.1. The summed E-state index contributed by atoms with van der Waals surface area (Å²) in [6.07, 6.45) is 2.69. The predicted molar refractivity (Wildman–Crippen MR) is 114 cm³/mol. The van der Waals surface area contributed by atoms with Gasteiger partial charge in [-0.3, -0.25) is 4.79 Å². The summed E-state index contributed by atoms with van der Waals surface area (Å²) in [6, 6.07) is 10.3. The van der Waals surface area contributed by atoms with Crippen molar-refractivity contribution in [2.24, 2.45) is 0 Å².